The standard InChI is InChI=1S/C17H14NO4/c19-17-16-4-2-1-3-13(16)11-15(22-17)10-7-12-5-8-14(9-6-12)18(20)21/h1-10,15,20H,11H2/q-1/t15-/m1/s1. The highest BCUT2D eigenvalue weighted by atomic mass is 16.8. The number of carbonyl (C=O) groups is 1. The molecule has 2 aromatic rings. The van der Waals surface area contributed by atoms with Crippen LogP contribution in [0.3, 0.4) is 0 Å². The second-order valence-corrected chi connectivity index (χ2v) is 5.03. The number of nitrogens with zero attached hydrogens (tertiary/aromatic N) is 1. The zero-order valence-corrected chi connectivity index (χ0v) is 11.7. The van der Waals surface area contributed by atoms with Gasteiger partial charge in [-0.3, -0.25) is 5.21 Å². The third-order valence-corrected chi connectivity index (χ3v) is 3.53. The minimum atomic E-state index is -0.311. The summed E-state index contributed by atoms with van der Waals surface area (Å²) < 4.78 is 5.37. The van der Waals surface area contributed by atoms with E-state index >= 15 is 0 Å². The fourth-order valence-electron chi connectivity index (χ4n) is 2.40. The third-order valence-electron chi connectivity index (χ3n) is 3.53. The van der Waals surface area contributed by atoms with Crippen molar-refractivity contribution in [2.45, 2.75) is 12.5 Å². The van der Waals surface area contributed by atoms with Gasteiger partial charge in [0.15, 0.2) is 0 Å². The third kappa shape index (κ3) is 3.00. The van der Waals surface area contributed by atoms with E-state index in [1.54, 1.807) is 18.2 Å². The molecule has 1 heterocycles. The smallest absolute Gasteiger partial charge is 0.339 e. The minimum absolute atomic E-state index is 0.162. The van der Waals surface area contributed by atoms with E-state index < -0.39 is 0 Å². The highest BCUT2D eigenvalue weighted by Crippen LogP contribution is 2.22. The average molecular weight is 296 g/mol. The van der Waals surface area contributed by atoms with E-state index in [4.69, 9.17) is 9.94 Å². The van der Waals surface area contributed by atoms with Crippen LogP contribution in [0.5, 0.6) is 0 Å². The van der Waals surface area contributed by atoms with Crippen molar-refractivity contribution >= 4 is 17.7 Å². The van der Waals surface area contributed by atoms with Crippen molar-refractivity contribution in [1.29, 1.82) is 0 Å². The molecule has 0 unspecified atom stereocenters. The predicted molar refractivity (Wildman–Crippen MR) is 82.5 cm³/mol. The molecular formula is C17H14NO4-. The van der Waals surface area contributed by atoms with E-state index in [0.717, 1.165) is 11.1 Å². The number of ether oxygens (including phenoxy) is 1. The van der Waals surface area contributed by atoms with Crippen LogP contribution >= 0.6 is 0 Å². The summed E-state index contributed by atoms with van der Waals surface area (Å²) in [6.45, 7) is 0. The van der Waals surface area contributed by atoms with Crippen molar-refractivity contribution in [2.75, 3.05) is 5.23 Å². The summed E-state index contributed by atoms with van der Waals surface area (Å²) >= 11 is 0. The van der Waals surface area contributed by atoms with E-state index in [1.165, 1.54) is 12.1 Å². The van der Waals surface area contributed by atoms with Crippen LogP contribution < -0.4 is 5.23 Å². The maximum Gasteiger partial charge on any atom is 0.339 e. The molecule has 1 atom stereocenters. The normalized spacial score (nSPS) is 17.2. The highest BCUT2D eigenvalue weighted by molar-refractivity contribution is 5.92. The second kappa shape index (κ2) is 6.01. The summed E-state index contributed by atoms with van der Waals surface area (Å²) in [6, 6.07) is 13.8. The lowest BCUT2D eigenvalue weighted by Crippen LogP contribution is -2.25. The van der Waals surface area contributed by atoms with Gasteiger partial charge in [0.1, 0.15) is 6.10 Å². The molecule has 1 aliphatic rings. The highest BCUT2D eigenvalue weighted by Gasteiger charge is 2.23. The molecule has 0 saturated heterocycles. The minimum Gasteiger partial charge on any atom is -0.733 e. The van der Waals surface area contributed by atoms with Crippen molar-refractivity contribution < 1.29 is 14.7 Å². The number of hydrogen-bond acceptors (Lipinski definition) is 5. The van der Waals surface area contributed by atoms with Gasteiger partial charge < -0.3 is 15.2 Å². The topological polar surface area (TPSA) is 72.8 Å². The van der Waals surface area contributed by atoms with Crippen molar-refractivity contribution in [1.82, 2.24) is 0 Å². The number of cyclic esters (lactones) is 1. The number of anilines is 1. The molecule has 1 N–H and O–H groups in total. The fraction of sp³-hybridized carbons (Fsp3) is 0.118. The summed E-state index contributed by atoms with van der Waals surface area (Å²) in [5, 5.41) is 19.3. The maximum atomic E-state index is 11.9. The Hall–Kier alpha value is -2.63. The van der Waals surface area contributed by atoms with Gasteiger partial charge in [0.05, 0.1) is 11.3 Å². The number of esters is 1. The number of hydrogen-bond donors (Lipinski definition) is 1. The van der Waals surface area contributed by atoms with Gasteiger partial charge in [-0.25, -0.2) is 4.79 Å². The monoisotopic (exact) mass is 296 g/mol. The zero-order chi connectivity index (χ0) is 15.5. The largest absolute Gasteiger partial charge is 0.733 e. The molecule has 2 aromatic carbocycles. The molecule has 0 radical (unpaired) electrons. The first kappa shape index (κ1) is 14.3. The Bertz CT molecular complexity index is 707. The Morgan fingerprint density at radius 1 is 1.18 bits per heavy atom. The average Bonchev–Trinajstić information content (AvgIpc) is 2.53. The molecule has 1 aliphatic heterocycles. The van der Waals surface area contributed by atoms with Crippen molar-refractivity contribution in [2.24, 2.45) is 0 Å². The van der Waals surface area contributed by atoms with Crippen molar-refractivity contribution in [3.8, 4) is 0 Å². The van der Waals surface area contributed by atoms with E-state index in [0.29, 0.717) is 12.0 Å². The second-order valence-electron chi connectivity index (χ2n) is 5.03. The molecule has 0 fully saturated rings. The Balaban J connectivity index is 1.73. The molecule has 0 amide bonds. The van der Waals surface area contributed by atoms with Crippen molar-refractivity contribution in [3.05, 3.63) is 76.5 Å². The van der Waals surface area contributed by atoms with E-state index in [-0.39, 0.29) is 23.0 Å². The summed E-state index contributed by atoms with van der Waals surface area (Å²) in [5.41, 5.74) is 2.61. The van der Waals surface area contributed by atoms with Gasteiger partial charge in [-0.2, -0.15) is 0 Å². The molecule has 3 rings (SSSR count). The van der Waals surface area contributed by atoms with Crippen LogP contribution in [0.15, 0.2) is 54.6 Å². The lowest BCUT2D eigenvalue weighted by molar-refractivity contribution is 0.0359. The summed E-state index contributed by atoms with van der Waals surface area (Å²) in [6.07, 6.45) is 3.97. The van der Waals surface area contributed by atoms with Gasteiger partial charge in [-0.05, 0) is 35.4 Å². The molecule has 0 bridgehead atoms. The predicted octanol–water partition coefficient (Wildman–Crippen LogP) is 3.17. The SMILES string of the molecule is O=C1O[C@H](C=Cc2ccc(N([O-])O)cc2)Cc2ccccc21. The number of carbonyl (C=O) groups excluding carboxylic acids is 1. The van der Waals surface area contributed by atoms with Gasteiger partial charge in [-0.15, -0.1) is 0 Å². The van der Waals surface area contributed by atoms with Crippen molar-refractivity contribution in [3.63, 3.8) is 0 Å². The number of benzene rings is 2. The molecule has 0 aromatic heterocycles. The van der Waals surface area contributed by atoms with Gasteiger partial charge in [-0.1, -0.05) is 36.4 Å². The Morgan fingerprint density at radius 2 is 1.91 bits per heavy atom. The fourth-order valence-corrected chi connectivity index (χ4v) is 2.40. The Morgan fingerprint density at radius 3 is 2.64 bits per heavy atom. The molecule has 0 aliphatic carbocycles. The van der Waals surface area contributed by atoms with Crippen LogP contribution in [0.2, 0.25) is 0 Å². The summed E-state index contributed by atoms with van der Waals surface area (Å²) in [5.74, 6) is -0.311. The van der Waals surface area contributed by atoms with Gasteiger partial charge >= 0.3 is 5.97 Å². The quantitative estimate of drug-likeness (QED) is 0.695. The van der Waals surface area contributed by atoms with Gasteiger partial charge in [0.2, 0.25) is 0 Å². The maximum absolute atomic E-state index is 11.9. The lowest BCUT2D eigenvalue weighted by atomic mass is 9.98. The van der Waals surface area contributed by atoms with Crippen LogP contribution in [0, 0.1) is 5.21 Å². The molecule has 22 heavy (non-hydrogen) atoms. The Labute approximate surface area is 127 Å². The zero-order valence-electron chi connectivity index (χ0n) is 11.7. The van der Waals surface area contributed by atoms with Gasteiger partial charge in [0.25, 0.3) is 0 Å². The lowest BCUT2D eigenvalue weighted by Gasteiger charge is -2.22. The van der Waals surface area contributed by atoms with E-state index in [1.807, 2.05) is 30.4 Å². The van der Waals surface area contributed by atoms with Crippen LogP contribution in [-0.2, 0) is 11.2 Å². The first-order chi connectivity index (χ1) is 10.6. The molecule has 0 spiro atoms. The Kier molecular flexibility index (Phi) is 3.91. The first-order valence-corrected chi connectivity index (χ1v) is 6.87. The number of fused-ring (bicyclic) bond motifs is 1. The van der Waals surface area contributed by atoms with E-state index in [9.17, 15) is 10.0 Å². The number of rotatable bonds is 3. The van der Waals surface area contributed by atoms with Gasteiger partial charge in [0, 0.05) is 6.42 Å². The van der Waals surface area contributed by atoms with Crippen LogP contribution in [0.1, 0.15) is 21.5 Å². The molecular weight excluding hydrogens is 282 g/mol. The summed E-state index contributed by atoms with van der Waals surface area (Å²) in [7, 11) is 0. The van der Waals surface area contributed by atoms with Crippen LogP contribution in [-0.4, -0.2) is 17.3 Å². The molecule has 0 saturated carbocycles. The van der Waals surface area contributed by atoms with E-state index in [2.05, 4.69) is 0 Å². The molecule has 112 valence electrons. The first-order valence-electron chi connectivity index (χ1n) is 6.87. The molecule has 5 nitrogen and oxygen atoms in total. The van der Waals surface area contributed by atoms with Crippen LogP contribution in [0.25, 0.3) is 6.08 Å². The molecule has 5 heteroatoms. The summed E-state index contributed by atoms with van der Waals surface area (Å²) in [4.78, 5) is 11.9. The van der Waals surface area contributed by atoms with Crippen LogP contribution in [0.4, 0.5) is 5.69 Å².